The van der Waals surface area contributed by atoms with Crippen molar-refractivity contribution in [3.63, 3.8) is 0 Å². The summed E-state index contributed by atoms with van der Waals surface area (Å²) < 4.78 is 0. The lowest BCUT2D eigenvalue weighted by Crippen LogP contribution is -2.41. The van der Waals surface area contributed by atoms with Crippen LogP contribution in [0.3, 0.4) is 0 Å². The van der Waals surface area contributed by atoms with Gasteiger partial charge in [0.05, 0.1) is 0 Å². The summed E-state index contributed by atoms with van der Waals surface area (Å²) in [6.07, 6.45) is 8.35. The van der Waals surface area contributed by atoms with E-state index in [1.165, 1.54) is 51.6 Å². The van der Waals surface area contributed by atoms with E-state index in [0.717, 1.165) is 12.7 Å². The molecule has 0 amide bonds. The molecule has 0 bridgehead atoms. The maximum Gasteiger partial charge on any atom is 0.106 e. The van der Waals surface area contributed by atoms with Gasteiger partial charge in [0.25, 0.3) is 0 Å². The minimum absolute atomic E-state index is 0.801. The van der Waals surface area contributed by atoms with E-state index >= 15 is 0 Å². The minimum Gasteiger partial charge on any atom is -0.307 e. The molecule has 1 fully saturated rings. The van der Waals surface area contributed by atoms with Crippen molar-refractivity contribution in [3.8, 4) is 0 Å². The van der Waals surface area contributed by atoms with Crippen molar-refractivity contribution in [2.75, 3.05) is 19.8 Å². The molecule has 1 aliphatic rings. The Bertz CT molecular complexity index is 142. The van der Waals surface area contributed by atoms with Gasteiger partial charge in [0, 0.05) is 12.7 Å². The van der Waals surface area contributed by atoms with Crippen LogP contribution >= 0.6 is 0 Å². The van der Waals surface area contributed by atoms with Gasteiger partial charge in [-0.2, -0.15) is 0 Å². The zero-order valence-electron chi connectivity index (χ0n) is 11.0. The van der Waals surface area contributed by atoms with E-state index in [2.05, 4.69) is 24.1 Å². The highest BCUT2D eigenvalue weighted by Gasteiger charge is 2.12. The predicted molar refractivity (Wildman–Crippen MR) is 69.5 cm³/mol. The lowest BCUT2D eigenvalue weighted by atomic mass is 9.96. The summed E-state index contributed by atoms with van der Waals surface area (Å²) in [5.74, 6) is 0. The molecule has 3 nitrogen and oxygen atoms in total. The van der Waals surface area contributed by atoms with E-state index in [1.54, 1.807) is 0 Å². The monoisotopic (exact) mass is 228 g/mol. The van der Waals surface area contributed by atoms with Gasteiger partial charge in [-0.3, -0.25) is 4.90 Å². The van der Waals surface area contributed by atoms with Gasteiger partial charge in [-0.15, -0.1) is 0 Å². The molecule has 0 atom stereocenters. The third-order valence-corrected chi connectivity index (χ3v) is 3.20. The molecule has 0 aromatic rings. The van der Waals surface area contributed by atoms with Crippen LogP contribution in [0.1, 0.15) is 52.4 Å². The average Bonchev–Trinajstić information content (AvgIpc) is 2.38. The highest BCUT2D eigenvalue weighted by molar-refractivity contribution is 5.10. The molecule has 0 spiro atoms. The molecule has 0 aromatic heterocycles. The summed E-state index contributed by atoms with van der Waals surface area (Å²) in [5.41, 5.74) is 0. The Morgan fingerprint density at radius 3 is 2.31 bits per heavy atom. The van der Waals surface area contributed by atoms with Crippen molar-refractivity contribution in [2.24, 2.45) is 0 Å². The maximum absolute atomic E-state index is 8.00. The second kappa shape index (κ2) is 11.1. The molecule has 0 radical (unpaired) electrons. The SMILES string of the molecule is C=O.CCCN(CC)CNC1CCCCC1. The molecule has 1 aliphatic carbocycles. The summed E-state index contributed by atoms with van der Waals surface area (Å²) in [7, 11) is 0. The average molecular weight is 228 g/mol. The quantitative estimate of drug-likeness (QED) is 0.709. The molecule has 3 heteroatoms. The summed E-state index contributed by atoms with van der Waals surface area (Å²) in [4.78, 5) is 10.5. The van der Waals surface area contributed by atoms with Crippen LogP contribution in [0.2, 0.25) is 0 Å². The van der Waals surface area contributed by atoms with Crippen LogP contribution in [0.4, 0.5) is 0 Å². The number of nitrogens with zero attached hydrogens (tertiary/aromatic N) is 1. The van der Waals surface area contributed by atoms with Crippen LogP contribution in [-0.4, -0.2) is 37.5 Å². The first-order valence-electron chi connectivity index (χ1n) is 6.61. The van der Waals surface area contributed by atoms with Gasteiger partial charge in [-0.25, -0.2) is 0 Å². The van der Waals surface area contributed by atoms with Crippen molar-refractivity contribution < 1.29 is 4.79 Å². The van der Waals surface area contributed by atoms with Gasteiger partial charge >= 0.3 is 0 Å². The Labute approximate surface area is 101 Å². The zero-order valence-corrected chi connectivity index (χ0v) is 11.0. The molecule has 0 aromatic carbocycles. The molecule has 0 saturated heterocycles. The third kappa shape index (κ3) is 6.96. The van der Waals surface area contributed by atoms with E-state index < -0.39 is 0 Å². The van der Waals surface area contributed by atoms with Crippen LogP contribution in [0.5, 0.6) is 0 Å². The van der Waals surface area contributed by atoms with Crippen molar-refractivity contribution in [3.05, 3.63) is 0 Å². The Hall–Kier alpha value is -0.410. The molecule has 96 valence electrons. The van der Waals surface area contributed by atoms with E-state index in [9.17, 15) is 0 Å². The Morgan fingerprint density at radius 1 is 1.19 bits per heavy atom. The Morgan fingerprint density at radius 2 is 1.81 bits per heavy atom. The lowest BCUT2D eigenvalue weighted by molar-refractivity contribution is -0.0979. The van der Waals surface area contributed by atoms with Gasteiger partial charge in [-0.05, 0) is 32.4 Å². The summed E-state index contributed by atoms with van der Waals surface area (Å²) >= 11 is 0. The van der Waals surface area contributed by atoms with Gasteiger partial charge in [-0.1, -0.05) is 33.1 Å². The fourth-order valence-corrected chi connectivity index (χ4v) is 2.23. The molecule has 1 rings (SSSR count). The van der Waals surface area contributed by atoms with Crippen LogP contribution in [0.25, 0.3) is 0 Å². The van der Waals surface area contributed by atoms with Gasteiger partial charge < -0.3 is 10.1 Å². The molecule has 0 aliphatic heterocycles. The van der Waals surface area contributed by atoms with Crippen molar-refractivity contribution >= 4 is 6.79 Å². The zero-order chi connectivity index (χ0) is 12.2. The van der Waals surface area contributed by atoms with Crippen LogP contribution in [0, 0.1) is 0 Å². The van der Waals surface area contributed by atoms with E-state index in [4.69, 9.17) is 4.79 Å². The van der Waals surface area contributed by atoms with E-state index in [0.29, 0.717) is 0 Å². The molecule has 0 heterocycles. The van der Waals surface area contributed by atoms with Crippen LogP contribution in [0.15, 0.2) is 0 Å². The smallest absolute Gasteiger partial charge is 0.106 e. The summed E-state index contributed by atoms with van der Waals surface area (Å²) in [6, 6.07) is 0.801. The maximum atomic E-state index is 8.00. The Balaban J connectivity index is 0.00000106. The molecular weight excluding hydrogens is 200 g/mol. The molecular formula is C13H28N2O. The first-order valence-corrected chi connectivity index (χ1v) is 6.61. The van der Waals surface area contributed by atoms with Gasteiger partial charge in [0.1, 0.15) is 6.79 Å². The topological polar surface area (TPSA) is 32.3 Å². The second-order valence-electron chi connectivity index (χ2n) is 4.41. The van der Waals surface area contributed by atoms with Gasteiger partial charge in [0.15, 0.2) is 0 Å². The summed E-state index contributed by atoms with van der Waals surface area (Å²) in [5, 5.41) is 3.68. The highest BCUT2D eigenvalue weighted by Crippen LogP contribution is 2.17. The van der Waals surface area contributed by atoms with Crippen LogP contribution in [-0.2, 0) is 4.79 Å². The lowest BCUT2D eigenvalue weighted by Gasteiger charge is -2.27. The molecule has 16 heavy (non-hydrogen) atoms. The predicted octanol–water partition coefficient (Wildman–Crippen LogP) is 2.41. The molecule has 0 unspecified atom stereocenters. The number of carbonyl (C=O) groups is 1. The van der Waals surface area contributed by atoms with E-state index in [-0.39, 0.29) is 0 Å². The first kappa shape index (κ1) is 15.6. The minimum atomic E-state index is 0.801. The first-order chi connectivity index (χ1) is 7.86. The third-order valence-electron chi connectivity index (χ3n) is 3.20. The molecule has 1 N–H and O–H groups in total. The fourth-order valence-electron chi connectivity index (χ4n) is 2.23. The van der Waals surface area contributed by atoms with Crippen molar-refractivity contribution in [1.29, 1.82) is 0 Å². The molecule has 1 saturated carbocycles. The normalized spacial score (nSPS) is 16.9. The van der Waals surface area contributed by atoms with Gasteiger partial charge in [0.2, 0.25) is 0 Å². The van der Waals surface area contributed by atoms with Crippen molar-refractivity contribution in [1.82, 2.24) is 10.2 Å². The second-order valence-corrected chi connectivity index (χ2v) is 4.41. The number of carbonyl (C=O) groups excluding carboxylic acids is 1. The number of hydrogen-bond donors (Lipinski definition) is 1. The standard InChI is InChI=1S/C12H26N2.CH2O/c1-3-10-14(4-2)11-13-12-8-6-5-7-9-12;1-2/h12-13H,3-11H2,1-2H3;1H2. The fraction of sp³-hybridized carbons (Fsp3) is 0.923. The number of nitrogens with one attached hydrogen (secondary N) is 1. The number of hydrogen-bond acceptors (Lipinski definition) is 3. The Kier molecular flexibility index (Phi) is 10.8. The van der Waals surface area contributed by atoms with Crippen molar-refractivity contribution in [2.45, 2.75) is 58.4 Å². The summed E-state index contributed by atoms with van der Waals surface area (Å²) in [6.45, 7) is 10.0. The largest absolute Gasteiger partial charge is 0.307 e. The van der Waals surface area contributed by atoms with E-state index in [1.807, 2.05) is 6.79 Å². The number of rotatable bonds is 6. The van der Waals surface area contributed by atoms with Crippen LogP contribution < -0.4 is 5.32 Å². The highest BCUT2D eigenvalue weighted by atomic mass is 16.1.